The maximum absolute atomic E-state index is 11.8. The van der Waals surface area contributed by atoms with Crippen LogP contribution in [0.3, 0.4) is 0 Å². The minimum atomic E-state index is -0.398. The first kappa shape index (κ1) is 8.45. The van der Waals surface area contributed by atoms with Crippen LogP contribution in [0.4, 0.5) is 0 Å². The molecule has 2 unspecified atom stereocenters. The van der Waals surface area contributed by atoms with Gasteiger partial charge in [0.2, 0.25) is 11.8 Å². The lowest BCUT2D eigenvalue weighted by Crippen LogP contribution is -2.62. The molecule has 0 spiro atoms. The summed E-state index contributed by atoms with van der Waals surface area (Å²) in [5.41, 5.74) is -0.795. The monoisotopic (exact) mass is 193 g/mol. The van der Waals surface area contributed by atoms with Crippen LogP contribution in [0.1, 0.15) is 33.1 Å². The van der Waals surface area contributed by atoms with Crippen molar-refractivity contribution in [3.8, 4) is 0 Å². The molecule has 3 rings (SSSR count). The van der Waals surface area contributed by atoms with Gasteiger partial charge in [0, 0.05) is 0 Å². The van der Waals surface area contributed by atoms with E-state index in [0.717, 1.165) is 12.8 Å². The zero-order chi connectivity index (χ0) is 10.1. The van der Waals surface area contributed by atoms with Gasteiger partial charge in [-0.2, -0.15) is 0 Å². The Morgan fingerprint density at radius 1 is 1.07 bits per heavy atom. The van der Waals surface area contributed by atoms with Crippen LogP contribution in [0, 0.1) is 22.7 Å². The quantitative estimate of drug-likeness (QED) is 0.585. The number of hydrogen-bond donors (Lipinski definition) is 1. The van der Waals surface area contributed by atoms with Crippen molar-refractivity contribution in [2.75, 3.05) is 0 Å². The van der Waals surface area contributed by atoms with Crippen molar-refractivity contribution in [3.63, 3.8) is 0 Å². The summed E-state index contributed by atoms with van der Waals surface area (Å²) in [6, 6.07) is 0. The Morgan fingerprint density at radius 2 is 1.50 bits per heavy atom. The Bertz CT molecular complexity index is 319. The number of hydrogen-bond acceptors (Lipinski definition) is 2. The number of amides is 2. The Labute approximate surface area is 83.2 Å². The molecule has 3 heteroatoms. The highest BCUT2D eigenvalue weighted by Crippen LogP contribution is 2.72. The van der Waals surface area contributed by atoms with E-state index >= 15 is 0 Å². The number of imide groups is 1. The Balaban J connectivity index is 2.13. The molecular weight excluding hydrogens is 178 g/mol. The predicted molar refractivity (Wildman–Crippen MR) is 50.2 cm³/mol. The first-order valence-electron chi connectivity index (χ1n) is 5.39. The molecule has 2 aliphatic carbocycles. The van der Waals surface area contributed by atoms with Crippen molar-refractivity contribution in [2.45, 2.75) is 33.1 Å². The smallest absolute Gasteiger partial charge is 0.233 e. The maximum Gasteiger partial charge on any atom is 0.233 e. The van der Waals surface area contributed by atoms with E-state index in [0.29, 0.717) is 11.8 Å². The SMILES string of the molecule is CC12C(=O)NC(=O)C1(C)[C@H]1CCC[C@H]12. The van der Waals surface area contributed by atoms with Crippen molar-refractivity contribution < 1.29 is 9.59 Å². The lowest BCUT2D eigenvalue weighted by atomic mass is 9.41. The van der Waals surface area contributed by atoms with Crippen LogP contribution < -0.4 is 5.32 Å². The molecule has 4 atom stereocenters. The molecule has 0 bridgehead atoms. The largest absolute Gasteiger partial charge is 0.295 e. The highest BCUT2D eigenvalue weighted by Gasteiger charge is 2.77. The van der Waals surface area contributed by atoms with Crippen LogP contribution in [-0.2, 0) is 9.59 Å². The van der Waals surface area contributed by atoms with Crippen LogP contribution in [0.5, 0.6) is 0 Å². The van der Waals surface area contributed by atoms with Crippen molar-refractivity contribution in [1.29, 1.82) is 0 Å². The number of carbonyl (C=O) groups excluding carboxylic acids is 2. The van der Waals surface area contributed by atoms with E-state index in [-0.39, 0.29) is 11.8 Å². The number of rotatable bonds is 0. The molecule has 0 aromatic carbocycles. The summed E-state index contributed by atoms with van der Waals surface area (Å²) in [6.45, 7) is 3.94. The van der Waals surface area contributed by atoms with E-state index in [2.05, 4.69) is 5.32 Å². The summed E-state index contributed by atoms with van der Waals surface area (Å²) < 4.78 is 0. The summed E-state index contributed by atoms with van der Waals surface area (Å²) in [6.07, 6.45) is 3.43. The zero-order valence-corrected chi connectivity index (χ0v) is 8.59. The van der Waals surface area contributed by atoms with Crippen molar-refractivity contribution in [1.82, 2.24) is 5.32 Å². The molecule has 2 saturated carbocycles. The molecule has 76 valence electrons. The van der Waals surface area contributed by atoms with Gasteiger partial charge >= 0.3 is 0 Å². The van der Waals surface area contributed by atoms with Gasteiger partial charge < -0.3 is 0 Å². The van der Waals surface area contributed by atoms with E-state index in [1.165, 1.54) is 6.42 Å². The molecule has 0 aromatic heterocycles. The molecule has 2 amide bonds. The van der Waals surface area contributed by atoms with E-state index < -0.39 is 10.8 Å². The van der Waals surface area contributed by atoms with Crippen LogP contribution >= 0.6 is 0 Å². The topological polar surface area (TPSA) is 46.2 Å². The minimum absolute atomic E-state index is 0.0341. The zero-order valence-electron chi connectivity index (χ0n) is 8.59. The molecule has 1 heterocycles. The minimum Gasteiger partial charge on any atom is -0.295 e. The molecule has 1 saturated heterocycles. The second-order valence-electron chi connectivity index (χ2n) is 5.33. The van der Waals surface area contributed by atoms with Crippen LogP contribution in [-0.4, -0.2) is 11.8 Å². The van der Waals surface area contributed by atoms with E-state index in [1.54, 1.807) is 0 Å². The van der Waals surface area contributed by atoms with Gasteiger partial charge in [-0.25, -0.2) is 0 Å². The molecule has 1 aliphatic heterocycles. The summed E-state index contributed by atoms with van der Waals surface area (Å²) in [5, 5.41) is 2.51. The summed E-state index contributed by atoms with van der Waals surface area (Å²) in [5.74, 6) is 0.846. The standard InChI is InChI=1S/C11H15NO2/c1-10-6-4-3-5-7(6)11(10,2)9(14)12-8(10)13/h6-7H,3-5H2,1-2H3,(H,12,13,14)/t6-,7+,10?,11?. The van der Waals surface area contributed by atoms with Gasteiger partial charge in [0.15, 0.2) is 0 Å². The normalized spacial score (nSPS) is 55.0. The van der Waals surface area contributed by atoms with E-state index in [9.17, 15) is 9.59 Å². The van der Waals surface area contributed by atoms with Crippen molar-refractivity contribution in [3.05, 3.63) is 0 Å². The maximum atomic E-state index is 11.8. The Kier molecular flexibility index (Phi) is 1.23. The number of carbonyl (C=O) groups is 2. The summed E-state index contributed by atoms with van der Waals surface area (Å²) in [7, 11) is 0. The van der Waals surface area contributed by atoms with E-state index in [4.69, 9.17) is 0 Å². The number of nitrogens with one attached hydrogen (secondary N) is 1. The van der Waals surface area contributed by atoms with Gasteiger partial charge in [0.05, 0.1) is 10.8 Å². The third kappa shape index (κ3) is 0.538. The highest BCUT2D eigenvalue weighted by atomic mass is 16.2. The lowest BCUT2D eigenvalue weighted by molar-refractivity contribution is -0.176. The van der Waals surface area contributed by atoms with Crippen molar-refractivity contribution >= 4 is 11.8 Å². The Morgan fingerprint density at radius 3 is 1.93 bits per heavy atom. The fourth-order valence-corrected chi connectivity index (χ4v) is 4.19. The van der Waals surface area contributed by atoms with Gasteiger partial charge in [0.25, 0.3) is 0 Å². The molecule has 3 nitrogen and oxygen atoms in total. The second-order valence-corrected chi connectivity index (χ2v) is 5.33. The van der Waals surface area contributed by atoms with Gasteiger partial charge in [-0.3, -0.25) is 14.9 Å². The van der Waals surface area contributed by atoms with Crippen molar-refractivity contribution in [2.24, 2.45) is 22.7 Å². The van der Waals surface area contributed by atoms with Crippen LogP contribution in [0.25, 0.3) is 0 Å². The third-order valence-corrected chi connectivity index (χ3v) is 5.25. The molecule has 0 aromatic rings. The van der Waals surface area contributed by atoms with Gasteiger partial charge in [-0.1, -0.05) is 6.42 Å². The highest BCUT2D eigenvalue weighted by molar-refractivity contribution is 6.11. The number of fused-ring (bicyclic) bond motifs is 4. The average molecular weight is 193 g/mol. The fraction of sp³-hybridized carbons (Fsp3) is 0.818. The average Bonchev–Trinajstić information content (AvgIpc) is 2.65. The first-order chi connectivity index (χ1) is 6.53. The van der Waals surface area contributed by atoms with Crippen LogP contribution in [0.15, 0.2) is 0 Å². The summed E-state index contributed by atoms with van der Waals surface area (Å²) >= 11 is 0. The Hall–Kier alpha value is -0.860. The molecule has 1 N–H and O–H groups in total. The lowest BCUT2D eigenvalue weighted by Gasteiger charge is -2.58. The molecule has 3 aliphatic rings. The molecule has 0 radical (unpaired) electrons. The van der Waals surface area contributed by atoms with Crippen LogP contribution in [0.2, 0.25) is 0 Å². The molecular formula is C11H15NO2. The summed E-state index contributed by atoms with van der Waals surface area (Å²) in [4.78, 5) is 23.6. The first-order valence-corrected chi connectivity index (χ1v) is 5.39. The fourth-order valence-electron chi connectivity index (χ4n) is 4.19. The van der Waals surface area contributed by atoms with Gasteiger partial charge in [-0.15, -0.1) is 0 Å². The predicted octanol–water partition coefficient (Wildman–Crippen LogP) is 1.09. The third-order valence-electron chi connectivity index (χ3n) is 5.25. The second kappa shape index (κ2) is 2.05. The molecule has 14 heavy (non-hydrogen) atoms. The van der Waals surface area contributed by atoms with E-state index in [1.807, 2.05) is 13.8 Å². The van der Waals surface area contributed by atoms with Gasteiger partial charge in [-0.05, 0) is 38.5 Å². The van der Waals surface area contributed by atoms with Gasteiger partial charge in [0.1, 0.15) is 0 Å². The molecule has 3 fully saturated rings.